The lowest BCUT2D eigenvalue weighted by Gasteiger charge is -2.03. The molecule has 0 N–H and O–H groups in total. The van der Waals surface area contributed by atoms with Gasteiger partial charge in [-0.2, -0.15) is 0 Å². The molecule has 0 aliphatic rings. The van der Waals surface area contributed by atoms with E-state index in [0.29, 0.717) is 17.1 Å². The Balaban J connectivity index is 1.74. The number of hydrogen-bond acceptors (Lipinski definition) is 5. The second-order valence-corrected chi connectivity index (χ2v) is 5.52. The highest BCUT2D eigenvalue weighted by Gasteiger charge is 2.10. The van der Waals surface area contributed by atoms with Gasteiger partial charge in [0.15, 0.2) is 6.61 Å². The molecule has 0 aliphatic heterocycles. The number of aliphatic imine (C=N–C) groups is 1. The summed E-state index contributed by atoms with van der Waals surface area (Å²) >= 11 is 0. The molecule has 0 bridgehead atoms. The van der Waals surface area contributed by atoms with Crippen molar-refractivity contribution in [1.29, 1.82) is 0 Å². The molecule has 0 atom stereocenters. The van der Waals surface area contributed by atoms with Gasteiger partial charge in [-0.25, -0.2) is 4.79 Å². The van der Waals surface area contributed by atoms with Gasteiger partial charge in [-0.05, 0) is 48.5 Å². The van der Waals surface area contributed by atoms with Crippen molar-refractivity contribution in [2.24, 2.45) is 4.99 Å². The maximum absolute atomic E-state index is 11.9. The Morgan fingerprint density at radius 1 is 1.19 bits per heavy atom. The van der Waals surface area contributed by atoms with Gasteiger partial charge in [0.25, 0.3) is 0 Å². The van der Waals surface area contributed by atoms with Crippen LogP contribution in [0.3, 0.4) is 0 Å². The first-order chi connectivity index (χ1) is 13.2. The number of benzene rings is 2. The monoisotopic (exact) mass is 359 g/mol. The number of furan rings is 1. The highest BCUT2D eigenvalue weighted by atomic mass is 16.5. The zero-order valence-electron chi connectivity index (χ0n) is 14.7. The van der Waals surface area contributed by atoms with E-state index in [1.165, 1.54) is 0 Å². The topological polar surface area (TPSA) is 61.0 Å². The van der Waals surface area contributed by atoms with Gasteiger partial charge in [-0.3, -0.25) is 4.99 Å². The Hall–Kier alpha value is -3.78. The number of rotatable bonds is 6. The van der Waals surface area contributed by atoms with Crippen molar-refractivity contribution in [2.45, 2.75) is 0 Å². The van der Waals surface area contributed by atoms with Crippen LogP contribution in [0.5, 0.6) is 5.75 Å². The largest absolute Gasteiger partial charge is 0.497 e. The molecule has 5 heteroatoms. The van der Waals surface area contributed by atoms with E-state index in [1.54, 1.807) is 31.5 Å². The molecule has 0 aliphatic carbocycles. The van der Waals surface area contributed by atoms with Gasteiger partial charge in [0, 0.05) is 5.56 Å². The minimum Gasteiger partial charge on any atom is -0.497 e. The lowest BCUT2D eigenvalue weighted by atomic mass is 10.1. The van der Waals surface area contributed by atoms with E-state index in [0.717, 1.165) is 17.0 Å². The molecule has 1 heterocycles. The fraction of sp³-hybridized carbons (Fsp3) is 0.0909. The molecule has 1 aromatic heterocycles. The van der Waals surface area contributed by atoms with E-state index >= 15 is 0 Å². The maximum atomic E-state index is 11.9. The molecule has 2 aromatic carbocycles. The van der Waals surface area contributed by atoms with Gasteiger partial charge in [0.05, 0.1) is 24.6 Å². The number of hydrogen-bond donors (Lipinski definition) is 0. The summed E-state index contributed by atoms with van der Waals surface area (Å²) in [7, 11) is 1.62. The Morgan fingerprint density at radius 2 is 2.00 bits per heavy atom. The summed E-state index contributed by atoms with van der Waals surface area (Å²) in [6.07, 6.45) is 6.74. The van der Waals surface area contributed by atoms with Crippen molar-refractivity contribution in [3.8, 4) is 29.4 Å². The van der Waals surface area contributed by atoms with Crippen molar-refractivity contribution in [1.82, 2.24) is 0 Å². The van der Waals surface area contributed by atoms with Crippen molar-refractivity contribution >= 4 is 17.9 Å². The smallest absolute Gasteiger partial charge is 0.339 e. The van der Waals surface area contributed by atoms with Crippen LogP contribution in [0.4, 0.5) is 5.69 Å². The number of nitrogens with zero attached hydrogens (tertiary/aromatic N) is 1. The third-order valence-electron chi connectivity index (χ3n) is 3.71. The molecule has 0 fully saturated rings. The van der Waals surface area contributed by atoms with E-state index in [1.807, 2.05) is 42.5 Å². The van der Waals surface area contributed by atoms with Crippen LogP contribution >= 0.6 is 0 Å². The number of carbonyl (C=O) groups is 1. The highest BCUT2D eigenvalue weighted by molar-refractivity contribution is 5.91. The van der Waals surface area contributed by atoms with E-state index in [2.05, 4.69) is 10.9 Å². The van der Waals surface area contributed by atoms with Crippen molar-refractivity contribution in [3.63, 3.8) is 0 Å². The second kappa shape index (κ2) is 8.54. The molecule has 0 amide bonds. The summed E-state index contributed by atoms with van der Waals surface area (Å²) in [5, 5.41) is 0. The van der Waals surface area contributed by atoms with Gasteiger partial charge < -0.3 is 13.9 Å². The molecular weight excluding hydrogens is 342 g/mol. The summed E-state index contributed by atoms with van der Waals surface area (Å²) in [5.41, 5.74) is 1.95. The fourth-order valence-electron chi connectivity index (χ4n) is 2.37. The van der Waals surface area contributed by atoms with Gasteiger partial charge in [0.1, 0.15) is 17.3 Å². The van der Waals surface area contributed by atoms with E-state index in [-0.39, 0.29) is 6.61 Å². The van der Waals surface area contributed by atoms with Gasteiger partial charge in [-0.15, -0.1) is 6.42 Å². The number of ether oxygens (including phenoxy) is 2. The van der Waals surface area contributed by atoms with Crippen LogP contribution in [0.25, 0.3) is 11.3 Å². The summed E-state index contributed by atoms with van der Waals surface area (Å²) in [4.78, 5) is 16.3. The van der Waals surface area contributed by atoms with Crippen LogP contribution in [0.2, 0.25) is 0 Å². The first-order valence-electron chi connectivity index (χ1n) is 8.18. The number of carbonyl (C=O) groups excluding carboxylic acids is 1. The summed E-state index contributed by atoms with van der Waals surface area (Å²) < 4.78 is 15.9. The van der Waals surface area contributed by atoms with E-state index in [4.69, 9.17) is 20.3 Å². The zero-order valence-corrected chi connectivity index (χ0v) is 14.7. The van der Waals surface area contributed by atoms with Crippen LogP contribution in [-0.4, -0.2) is 25.9 Å². The average molecular weight is 359 g/mol. The molecule has 3 rings (SSSR count). The molecule has 0 radical (unpaired) electrons. The molecule has 3 aromatic rings. The third-order valence-corrected chi connectivity index (χ3v) is 3.71. The minimum atomic E-state index is -0.470. The number of terminal acetylenes is 1. The quantitative estimate of drug-likeness (QED) is 0.369. The van der Waals surface area contributed by atoms with Gasteiger partial charge in [-0.1, -0.05) is 18.1 Å². The van der Waals surface area contributed by atoms with Crippen LogP contribution in [0.1, 0.15) is 16.1 Å². The van der Waals surface area contributed by atoms with Crippen LogP contribution in [-0.2, 0) is 4.74 Å². The molecule has 0 saturated carbocycles. The van der Waals surface area contributed by atoms with E-state index < -0.39 is 5.97 Å². The molecule has 134 valence electrons. The first kappa shape index (κ1) is 18.0. The predicted molar refractivity (Wildman–Crippen MR) is 104 cm³/mol. The maximum Gasteiger partial charge on any atom is 0.339 e. The SMILES string of the molecule is C#CCOC(=O)c1cccc(-c2ccc(C=Nc3ccc(OC)cc3)o2)c1. The molecule has 0 saturated heterocycles. The molecule has 27 heavy (non-hydrogen) atoms. The normalized spacial score (nSPS) is 10.5. The average Bonchev–Trinajstić information content (AvgIpc) is 3.20. The Labute approximate surface area is 157 Å². The second-order valence-electron chi connectivity index (χ2n) is 5.52. The van der Waals surface area contributed by atoms with Gasteiger partial charge >= 0.3 is 5.97 Å². The van der Waals surface area contributed by atoms with Crippen LogP contribution in [0, 0.1) is 12.3 Å². The van der Waals surface area contributed by atoms with Crippen molar-refractivity contribution < 1.29 is 18.7 Å². The Kier molecular flexibility index (Phi) is 5.70. The Morgan fingerprint density at radius 3 is 2.74 bits per heavy atom. The number of esters is 1. The summed E-state index contributed by atoms with van der Waals surface area (Å²) in [5.74, 6) is 3.79. The zero-order chi connectivity index (χ0) is 19.1. The number of methoxy groups -OCH3 is 1. The Bertz CT molecular complexity index is 994. The van der Waals surface area contributed by atoms with E-state index in [9.17, 15) is 4.79 Å². The lowest BCUT2D eigenvalue weighted by molar-refractivity contribution is 0.0557. The first-order valence-corrected chi connectivity index (χ1v) is 8.18. The minimum absolute atomic E-state index is 0.0597. The summed E-state index contributed by atoms with van der Waals surface area (Å²) in [6, 6.07) is 18.0. The summed E-state index contributed by atoms with van der Waals surface area (Å²) in [6.45, 7) is -0.0597. The fourth-order valence-corrected chi connectivity index (χ4v) is 2.37. The highest BCUT2D eigenvalue weighted by Crippen LogP contribution is 2.24. The van der Waals surface area contributed by atoms with Crippen molar-refractivity contribution in [2.75, 3.05) is 13.7 Å². The van der Waals surface area contributed by atoms with Crippen LogP contribution in [0.15, 0.2) is 70.1 Å². The van der Waals surface area contributed by atoms with Crippen molar-refractivity contribution in [3.05, 3.63) is 72.0 Å². The molecular formula is C22H17NO4. The molecule has 0 unspecified atom stereocenters. The van der Waals surface area contributed by atoms with Gasteiger partial charge in [0.2, 0.25) is 0 Å². The molecule has 5 nitrogen and oxygen atoms in total. The lowest BCUT2D eigenvalue weighted by Crippen LogP contribution is -2.05. The molecule has 0 spiro atoms. The van der Waals surface area contributed by atoms with Crippen LogP contribution < -0.4 is 4.74 Å². The predicted octanol–water partition coefficient (Wildman–Crippen LogP) is 4.50. The standard InChI is InChI=1S/C22H17NO4/c1-3-13-26-22(24)17-6-4-5-16(14-17)21-12-11-20(27-21)15-23-18-7-9-19(25-2)10-8-18/h1,4-12,14-15H,13H2,2H3. The third kappa shape index (κ3) is 4.65.